The van der Waals surface area contributed by atoms with Crippen molar-refractivity contribution in [2.45, 2.75) is 63.0 Å². The number of nitrogens with one attached hydrogen (secondary N) is 3. The molecule has 0 radical (unpaired) electrons. The Kier molecular flexibility index (Phi) is 11.9. The third-order valence-electron chi connectivity index (χ3n) is 5.04. The first-order chi connectivity index (χ1) is 15.7. The zero-order valence-electron chi connectivity index (χ0n) is 18.9. The molecular weight excluding hydrogens is 477 g/mol. The first-order valence-electron chi connectivity index (χ1n) is 11.0. The summed E-state index contributed by atoms with van der Waals surface area (Å²) in [4.78, 5) is 43.1. The molecule has 0 aromatic carbocycles. The summed E-state index contributed by atoms with van der Waals surface area (Å²) < 4.78 is 31.3. The van der Waals surface area contributed by atoms with Crippen LogP contribution in [0, 0.1) is 0 Å². The van der Waals surface area contributed by atoms with Crippen molar-refractivity contribution in [3.63, 3.8) is 0 Å². The van der Waals surface area contributed by atoms with E-state index in [1.54, 1.807) is 0 Å². The summed E-state index contributed by atoms with van der Waals surface area (Å²) in [6, 6.07) is 0.424. The first-order valence-corrected chi connectivity index (χ1v) is 13.5. The minimum absolute atomic E-state index is 0.0373. The molecule has 0 aliphatic carbocycles. The fourth-order valence-corrected chi connectivity index (χ4v) is 5.84. The molecule has 0 bridgehead atoms. The summed E-state index contributed by atoms with van der Waals surface area (Å²) in [6.07, 6.45) is 3.14. The number of urea groups is 1. The normalized spacial score (nSPS) is 24.3. The maximum absolute atomic E-state index is 11.9. The van der Waals surface area contributed by atoms with Gasteiger partial charge < -0.3 is 30.3 Å². The average Bonchev–Trinajstić information content (AvgIpc) is 3.27. The van der Waals surface area contributed by atoms with E-state index in [-0.39, 0.29) is 31.3 Å². The van der Waals surface area contributed by atoms with Gasteiger partial charge in [0.1, 0.15) is 6.61 Å². The number of unbranched alkanes of at least 4 members (excludes halogenated alkanes) is 2. The number of ether oxygens (including phenoxy) is 2. The van der Waals surface area contributed by atoms with E-state index in [2.05, 4.69) is 16.0 Å². The van der Waals surface area contributed by atoms with Gasteiger partial charge in [0.25, 0.3) is 0 Å². The van der Waals surface area contributed by atoms with E-state index in [9.17, 15) is 23.8 Å². The van der Waals surface area contributed by atoms with Gasteiger partial charge in [-0.2, -0.15) is 11.8 Å². The minimum Gasteiger partial charge on any atom is -0.462 e. The van der Waals surface area contributed by atoms with Crippen molar-refractivity contribution in [2.75, 3.05) is 38.7 Å². The van der Waals surface area contributed by atoms with Gasteiger partial charge in [0, 0.05) is 31.4 Å². The van der Waals surface area contributed by atoms with Crippen LogP contribution in [-0.4, -0.2) is 85.0 Å². The summed E-state index contributed by atoms with van der Waals surface area (Å²) in [6.45, 7) is 2.70. The monoisotopic (exact) mass is 511 g/mol. The van der Waals surface area contributed by atoms with Crippen LogP contribution in [0.3, 0.4) is 0 Å². The molecule has 2 aliphatic heterocycles. The number of rotatable bonds is 16. The number of amides is 2. The lowest BCUT2D eigenvalue weighted by molar-refractivity contribution is -0.158. The summed E-state index contributed by atoms with van der Waals surface area (Å²) in [7, 11) is -4.34. The van der Waals surface area contributed by atoms with E-state index < -0.39 is 32.5 Å². The van der Waals surface area contributed by atoms with Crippen molar-refractivity contribution in [1.82, 2.24) is 16.0 Å². The van der Waals surface area contributed by atoms with E-state index >= 15 is 0 Å². The van der Waals surface area contributed by atoms with E-state index in [1.165, 1.54) is 6.92 Å². The van der Waals surface area contributed by atoms with Crippen LogP contribution in [0.1, 0.15) is 39.5 Å². The van der Waals surface area contributed by atoms with Gasteiger partial charge in [-0.05, 0) is 19.4 Å². The maximum atomic E-state index is 11.9. The minimum atomic E-state index is -4.34. The van der Waals surface area contributed by atoms with Crippen molar-refractivity contribution in [3.8, 4) is 0 Å². The number of hydrogen-bond donors (Lipinski definition) is 4. The number of fused-ring (bicyclic) bond motifs is 1. The Balaban J connectivity index is 1.48. The highest BCUT2D eigenvalue weighted by molar-refractivity contribution is 8.00. The molecule has 2 rings (SSSR count). The standard InChI is InChI=1S/C19H34N3O9PS/c1-13(23)28-10-15(31-14(2)24)11-30-32(26,27)29-9-8-20-7-5-3-4-6-17-18-16(12-33-17)21-19(25)22-18/h15-18,20H,3-12H2,1-2H3,(H,26,27)(H2,21,22,25)/t15?,16-,17?,18-/m0/s1. The smallest absolute Gasteiger partial charge is 0.462 e. The molecule has 0 aromatic heterocycles. The molecule has 14 heteroatoms. The summed E-state index contributed by atoms with van der Waals surface area (Å²) >= 11 is 1.91. The van der Waals surface area contributed by atoms with Gasteiger partial charge in [-0.1, -0.05) is 12.8 Å². The topological polar surface area (TPSA) is 162 Å². The lowest BCUT2D eigenvalue weighted by Crippen LogP contribution is -2.36. The molecule has 0 spiro atoms. The number of carbonyl (C=O) groups excluding carboxylic acids is 3. The number of thioether (sulfide) groups is 1. The molecule has 3 unspecified atom stereocenters. The Bertz CT molecular complexity index is 714. The number of phosphoric ester groups is 1. The molecule has 2 heterocycles. The van der Waals surface area contributed by atoms with E-state index in [0.29, 0.717) is 11.8 Å². The van der Waals surface area contributed by atoms with E-state index in [4.69, 9.17) is 18.5 Å². The Morgan fingerprint density at radius 3 is 2.67 bits per heavy atom. The Morgan fingerprint density at radius 2 is 1.94 bits per heavy atom. The predicted molar refractivity (Wildman–Crippen MR) is 121 cm³/mol. The molecule has 12 nitrogen and oxygen atoms in total. The Labute approximate surface area is 197 Å². The molecule has 33 heavy (non-hydrogen) atoms. The van der Waals surface area contributed by atoms with Crippen LogP contribution in [0.25, 0.3) is 0 Å². The fraction of sp³-hybridized carbons (Fsp3) is 0.842. The van der Waals surface area contributed by atoms with E-state index in [0.717, 1.165) is 44.9 Å². The molecule has 0 aromatic rings. The highest BCUT2D eigenvalue weighted by atomic mass is 32.2. The van der Waals surface area contributed by atoms with Crippen LogP contribution >= 0.6 is 19.6 Å². The van der Waals surface area contributed by atoms with Crippen LogP contribution in [-0.2, 0) is 32.7 Å². The van der Waals surface area contributed by atoms with Gasteiger partial charge in [0.15, 0.2) is 6.10 Å². The maximum Gasteiger partial charge on any atom is 0.472 e. The average molecular weight is 512 g/mol. The second kappa shape index (κ2) is 14.1. The molecule has 2 aliphatic rings. The molecule has 2 amide bonds. The summed E-state index contributed by atoms with van der Waals surface area (Å²) in [5.41, 5.74) is 0. The van der Waals surface area contributed by atoms with Crippen molar-refractivity contribution in [3.05, 3.63) is 0 Å². The number of esters is 2. The molecule has 5 atom stereocenters. The number of carbonyl (C=O) groups is 3. The van der Waals surface area contributed by atoms with Gasteiger partial charge in [-0.3, -0.25) is 18.6 Å². The second-order valence-electron chi connectivity index (χ2n) is 7.85. The summed E-state index contributed by atoms with van der Waals surface area (Å²) in [5, 5.41) is 9.54. The third kappa shape index (κ3) is 11.1. The first kappa shape index (κ1) is 27.9. The van der Waals surface area contributed by atoms with Crippen LogP contribution in [0.5, 0.6) is 0 Å². The van der Waals surface area contributed by atoms with Gasteiger partial charge in [0.2, 0.25) is 0 Å². The molecular formula is C19H34N3O9PS. The van der Waals surface area contributed by atoms with Gasteiger partial charge >= 0.3 is 25.8 Å². The zero-order valence-corrected chi connectivity index (χ0v) is 20.7. The van der Waals surface area contributed by atoms with Crippen LogP contribution in [0.15, 0.2) is 0 Å². The molecule has 0 saturated carbocycles. The van der Waals surface area contributed by atoms with Crippen LogP contribution in [0.2, 0.25) is 0 Å². The van der Waals surface area contributed by atoms with Gasteiger partial charge in [-0.15, -0.1) is 0 Å². The largest absolute Gasteiger partial charge is 0.472 e. The second-order valence-corrected chi connectivity index (χ2v) is 10.6. The van der Waals surface area contributed by atoms with Crippen molar-refractivity contribution in [2.24, 2.45) is 0 Å². The van der Waals surface area contributed by atoms with Crippen LogP contribution < -0.4 is 16.0 Å². The number of hydrogen-bond acceptors (Lipinski definition) is 10. The highest BCUT2D eigenvalue weighted by Gasteiger charge is 2.42. The van der Waals surface area contributed by atoms with Crippen molar-refractivity contribution in [1.29, 1.82) is 0 Å². The van der Waals surface area contributed by atoms with E-state index in [1.807, 2.05) is 11.8 Å². The van der Waals surface area contributed by atoms with Crippen molar-refractivity contribution < 1.29 is 42.4 Å². The van der Waals surface area contributed by atoms with Gasteiger partial charge in [0.05, 0.1) is 25.3 Å². The van der Waals surface area contributed by atoms with Gasteiger partial charge in [-0.25, -0.2) is 9.36 Å². The quantitative estimate of drug-likeness (QED) is 0.101. The SMILES string of the molecule is CC(=O)OCC(COP(=O)(O)OCCNCCCCCC1SC[C@@H]2NC(=O)N[C@H]12)OC(C)=O. The highest BCUT2D eigenvalue weighted by Crippen LogP contribution is 2.43. The Morgan fingerprint density at radius 1 is 1.15 bits per heavy atom. The molecule has 2 saturated heterocycles. The zero-order chi connectivity index (χ0) is 24.3. The van der Waals surface area contributed by atoms with Crippen molar-refractivity contribution >= 4 is 37.6 Å². The summed E-state index contributed by atoms with van der Waals surface area (Å²) in [5.74, 6) is -0.250. The third-order valence-corrected chi connectivity index (χ3v) is 7.54. The number of phosphoric acid groups is 1. The van der Waals surface area contributed by atoms with Crippen LogP contribution in [0.4, 0.5) is 4.79 Å². The molecule has 190 valence electrons. The lowest BCUT2D eigenvalue weighted by Gasteiger charge is -2.18. The Hall–Kier alpha value is -1.37. The molecule has 4 N–H and O–H groups in total. The fourth-order valence-electron chi connectivity index (χ4n) is 3.55. The lowest BCUT2D eigenvalue weighted by atomic mass is 10.0. The predicted octanol–water partition coefficient (Wildman–Crippen LogP) is 0.930. The molecule has 2 fully saturated rings.